The molecule has 0 aliphatic heterocycles. The van der Waals surface area contributed by atoms with E-state index in [1.807, 2.05) is 0 Å². The van der Waals surface area contributed by atoms with Crippen LogP contribution in [0.15, 0.2) is 0 Å². The first-order valence-electron chi connectivity index (χ1n) is 8.19. The van der Waals surface area contributed by atoms with Crippen molar-refractivity contribution in [3.8, 4) is 0 Å². The lowest BCUT2D eigenvalue weighted by atomic mass is 9.84. The number of hydrogen-bond donors (Lipinski definition) is 2. The van der Waals surface area contributed by atoms with Crippen molar-refractivity contribution in [1.29, 1.82) is 0 Å². The largest absolute Gasteiger partial charge is 0.389 e. The summed E-state index contributed by atoms with van der Waals surface area (Å²) in [5.41, 5.74) is 0. The Morgan fingerprint density at radius 1 is 1.32 bits per heavy atom. The van der Waals surface area contributed by atoms with E-state index in [1.54, 1.807) is 0 Å². The van der Waals surface area contributed by atoms with Gasteiger partial charge in [-0.05, 0) is 50.4 Å². The van der Waals surface area contributed by atoms with E-state index in [2.05, 4.69) is 19.2 Å². The third-order valence-corrected chi connectivity index (χ3v) is 5.06. The molecule has 5 unspecified atom stereocenters. The molecule has 2 bridgehead atoms. The van der Waals surface area contributed by atoms with Gasteiger partial charge in [0.15, 0.2) is 0 Å². The van der Waals surface area contributed by atoms with Crippen LogP contribution in [0.3, 0.4) is 0 Å². The van der Waals surface area contributed by atoms with Crippen LogP contribution in [0.2, 0.25) is 0 Å². The van der Waals surface area contributed by atoms with Crippen LogP contribution >= 0.6 is 0 Å². The van der Waals surface area contributed by atoms with E-state index in [1.165, 1.54) is 25.7 Å². The van der Waals surface area contributed by atoms with Gasteiger partial charge in [-0.3, -0.25) is 0 Å². The molecular weight excluding hydrogens is 238 g/mol. The maximum absolute atomic E-state index is 9.88. The van der Waals surface area contributed by atoms with E-state index >= 15 is 0 Å². The second-order valence-corrected chi connectivity index (χ2v) is 6.62. The van der Waals surface area contributed by atoms with Crippen LogP contribution in [0.5, 0.6) is 0 Å². The Balaban J connectivity index is 1.57. The molecule has 2 saturated carbocycles. The molecule has 0 amide bonds. The van der Waals surface area contributed by atoms with Crippen molar-refractivity contribution < 1.29 is 9.84 Å². The zero-order valence-corrected chi connectivity index (χ0v) is 12.6. The van der Waals surface area contributed by atoms with Gasteiger partial charge in [-0.25, -0.2) is 0 Å². The van der Waals surface area contributed by atoms with Crippen molar-refractivity contribution >= 4 is 0 Å². The molecule has 2 aliphatic rings. The topological polar surface area (TPSA) is 41.5 Å². The summed E-state index contributed by atoms with van der Waals surface area (Å²) in [6.45, 7) is 6.35. The van der Waals surface area contributed by atoms with Crippen LogP contribution in [0.4, 0.5) is 0 Å². The molecule has 2 fully saturated rings. The lowest BCUT2D eigenvalue weighted by Gasteiger charge is -2.29. The highest BCUT2D eigenvalue weighted by Gasteiger charge is 2.41. The summed E-state index contributed by atoms with van der Waals surface area (Å²) in [4.78, 5) is 0. The van der Waals surface area contributed by atoms with Crippen LogP contribution in [0.25, 0.3) is 0 Å². The van der Waals surface area contributed by atoms with E-state index < -0.39 is 0 Å². The Morgan fingerprint density at radius 3 is 2.79 bits per heavy atom. The van der Waals surface area contributed by atoms with E-state index in [4.69, 9.17) is 4.74 Å². The summed E-state index contributed by atoms with van der Waals surface area (Å²) < 4.78 is 5.45. The minimum absolute atomic E-state index is 0.363. The molecule has 0 radical (unpaired) electrons. The monoisotopic (exact) mass is 269 g/mol. The standard InChI is InChI=1S/C16H31NO2/c1-3-4-7-19-11-15(18)10-17-12(2)16-9-13-5-6-14(16)8-13/h12-18H,3-11H2,1-2H3. The van der Waals surface area contributed by atoms with Gasteiger partial charge < -0.3 is 15.2 Å². The molecular formula is C16H31NO2. The van der Waals surface area contributed by atoms with Crippen LogP contribution in [-0.4, -0.2) is 37.0 Å². The zero-order chi connectivity index (χ0) is 13.7. The van der Waals surface area contributed by atoms with Gasteiger partial charge in [0.2, 0.25) is 0 Å². The van der Waals surface area contributed by atoms with Crippen LogP contribution in [0.1, 0.15) is 52.4 Å². The molecule has 2 rings (SSSR count). The zero-order valence-electron chi connectivity index (χ0n) is 12.6. The van der Waals surface area contributed by atoms with Crippen LogP contribution < -0.4 is 5.32 Å². The fourth-order valence-electron chi connectivity index (χ4n) is 3.90. The molecule has 2 aliphatic carbocycles. The summed E-state index contributed by atoms with van der Waals surface area (Å²) >= 11 is 0. The second kappa shape index (κ2) is 7.61. The Morgan fingerprint density at radius 2 is 2.16 bits per heavy atom. The number of aliphatic hydroxyl groups is 1. The molecule has 0 aromatic rings. The predicted octanol–water partition coefficient (Wildman–Crippen LogP) is 2.58. The number of rotatable bonds is 9. The maximum Gasteiger partial charge on any atom is 0.0897 e. The molecule has 0 aromatic heterocycles. The molecule has 5 atom stereocenters. The average molecular weight is 269 g/mol. The third kappa shape index (κ3) is 4.44. The molecule has 112 valence electrons. The molecule has 0 heterocycles. The molecule has 0 spiro atoms. The molecule has 3 heteroatoms. The average Bonchev–Trinajstić information content (AvgIpc) is 3.03. The third-order valence-electron chi connectivity index (χ3n) is 5.06. The smallest absolute Gasteiger partial charge is 0.0897 e. The van der Waals surface area contributed by atoms with Crippen LogP contribution in [-0.2, 0) is 4.74 Å². The number of unbranched alkanes of at least 4 members (excludes halogenated alkanes) is 1. The number of nitrogens with one attached hydrogen (secondary N) is 1. The summed E-state index contributed by atoms with van der Waals surface area (Å²) in [5, 5.41) is 13.4. The van der Waals surface area contributed by atoms with Crippen LogP contribution in [0, 0.1) is 17.8 Å². The summed E-state index contributed by atoms with van der Waals surface area (Å²) in [6, 6.07) is 0.542. The molecule has 0 aromatic carbocycles. The van der Waals surface area contributed by atoms with Crippen molar-refractivity contribution in [1.82, 2.24) is 5.32 Å². The van der Waals surface area contributed by atoms with E-state index in [0.29, 0.717) is 19.2 Å². The first-order valence-corrected chi connectivity index (χ1v) is 8.19. The van der Waals surface area contributed by atoms with Gasteiger partial charge in [-0.15, -0.1) is 0 Å². The van der Waals surface area contributed by atoms with Crippen molar-refractivity contribution in [3.63, 3.8) is 0 Å². The SMILES string of the molecule is CCCCOCC(O)CNC(C)C1CC2CCC1C2. The minimum Gasteiger partial charge on any atom is -0.389 e. The molecule has 2 N–H and O–H groups in total. The highest BCUT2D eigenvalue weighted by molar-refractivity contribution is 4.94. The Hall–Kier alpha value is -0.120. The van der Waals surface area contributed by atoms with Gasteiger partial charge in [0.1, 0.15) is 0 Å². The maximum atomic E-state index is 9.88. The van der Waals surface area contributed by atoms with Crippen molar-refractivity contribution in [2.75, 3.05) is 19.8 Å². The normalized spacial score (nSPS) is 32.7. The van der Waals surface area contributed by atoms with Gasteiger partial charge in [0, 0.05) is 19.2 Å². The van der Waals surface area contributed by atoms with Gasteiger partial charge in [0.05, 0.1) is 12.7 Å². The number of aliphatic hydroxyl groups excluding tert-OH is 1. The highest BCUT2D eigenvalue weighted by Crippen LogP contribution is 2.49. The van der Waals surface area contributed by atoms with Crippen molar-refractivity contribution in [3.05, 3.63) is 0 Å². The van der Waals surface area contributed by atoms with Gasteiger partial charge >= 0.3 is 0 Å². The predicted molar refractivity (Wildman–Crippen MR) is 78.1 cm³/mol. The summed E-state index contributed by atoms with van der Waals surface area (Å²) in [7, 11) is 0. The molecule has 19 heavy (non-hydrogen) atoms. The lowest BCUT2D eigenvalue weighted by Crippen LogP contribution is -2.41. The quantitative estimate of drug-likeness (QED) is 0.632. The Kier molecular flexibility index (Phi) is 6.11. The summed E-state index contributed by atoms with van der Waals surface area (Å²) in [6.07, 6.45) is 7.63. The Bertz CT molecular complexity index is 259. The van der Waals surface area contributed by atoms with Crippen molar-refractivity contribution in [2.24, 2.45) is 17.8 Å². The number of fused-ring (bicyclic) bond motifs is 2. The molecule has 3 nitrogen and oxygen atoms in total. The van der Waals surface area contributed by atoms with Gasteiger partial charge in [0.25, 0.3) is 0 Å². The second-order valence-electron chi connectivity index (χ2n) is 6.62. The fourth-order valence-corrected chi connectivity index (χ4v) is 3.90. The minimum atomic E-state index is -0.363. The van der Waals surface area contributed by atoms with E-state index in [-0.39, 0.29) is 6.10 Å². The summed E-state index contributed by atoms with van der Waals surface area (Å²) in [5.74, 6) is 2.79. The number of ether oxygens (including phenoxy) is 1. The van der Waals surface area contributed by atoms with E-state index in [0.717, 1.165) is 37.2 Å². The lowest BCUT2D eigenvalue weighted by molar-refractivity contribution is 0.0332. The first kappa shape index (κ1) is 15.3. The Labute approximate surface area is 118 Å². The first-order chi connectivity index (χ1) is 9.20. The molecule has 0 saturated heterocycles. The van der Waals surface area contributed by atoms with Gasteiger partial charge in [-0.2, -0.15) is 0 Å². The fraction of sp³-hybridized carbons (Fsp3) is 1.00. The van der Waals surface area contributed by atoms with Crippen molar-refractivity contribution in [2.45, 2.75) is 64.5 Å². The highest BCUT2D eigenvalue weighted by atomic mass is 16.5. The van der Waals surface area contributed by atoms with Gasteiger partial charge in [-0.1, -0.05) is 19.8 Å². The van der Waals surface area contributed by atoms with E-state index in [9.17, 15) is 5.11 Å². The number of hydrogen-bond acceptors (Lipinski definition) is 3.